The maximum atomic E-state index is 13.8. The lowest BCUT2D eigenvalue weighted by atomic mass is 9.88. The molecule has 0 atom stereocenters. The molecule has 0 saturated carbocycles. The van der Waals surface area contributed by atoms with Gasteiger partial charge in [-0.3, -0.25) is 4.79 Å². The maximum absolute atomic E-state index is 13.8. The number of hydrogen-bond donors (Lipinski definition) is 1. The Kier molecular flexibility index (Phi) is 8.15. The number of carbonyl (C=O) groups excluding carboxylic acids is 1. The third-order valence-corrected chi connectivity index (χ3v) is 6.26. The zero-order valence-corrected chi connectivity index (χ0v) is 19.6. The zero-order valence-electron chi connectivity index (χ0n) is 19.6. The van der Waals surface area contributed by atoms with E-state index >= 15 is 0 Å². The van der Waals surface area contributed by atoms with Crippen LogP contribution in [0.2, 0.25) is 0 Å². The second-order valence-electron chi connectivity index (χ2n) is 8.67. The molecule has 1 amide bonds. The van der Waals surface area contributed by atoms with Crippen molar-refractivity contribution in [2.24, 2.45) is 5.16 Å². The number of nitrogens with one attached hydrogen (secondary N) is 1. The predicted octanol–water partition coefficient (Wildman–Crippen LogP) is 5.82. The van der Waals surface area contributed by atoms with Crippen LogP contribution >= 0.6 is 0 Å². The van der Waals surface area contributed by atoms with Crippen LogP contribution in [0.4, 0.5) is 13.2 Å². The number of benzene rings is 3. The van der Waals surface area contributed by atoms with Gasteiger partial charge in [-0.2, -0.15) is 0 Å². The normalized spacial score (nSPS) is 13.6. The molecule has 1 N–H and O–H groups in total. The maximum Gasteiger partial charge on any atom is 0.223 e. The number of nitrogens with zero attached hydrogens (tertiary/aromatic N) is 2. The molecule has 186 valence electrons. The van der Waals surface area contributed by atoms with Gasteiger partial charge in [-0.1, -0.05) is 41.6 Å². The summed E-state index contributed by atoms with van der Waals surface area (Å²) in [6.45, 7) is 1.09. The second-order valence-corrected chi connectivity index (χ2v) is 8.67. The fourth-order valence-electron chi connectivity index (χ4n) is 4.20. The van der Waals surface area contributed by atoms with Gasteiger partial charge in [-0.25, -0.2) is 13.2 Å². The Hall–Kier alpha value is -3.94. The third-order valence-electron chi connectivity index (χ3n) is 6.26. The molecule has 4 rings (SSSR count). The summed E-state index contributed by atoms with van der Waals surface area (Å²) in [7, 11) is 0. The van der Waals surface area contributed by atoms with Crippen LogP contribution in [0.1, 0.15) is 47.4 Å². The fraction of sp³-hybridized carbons (Fsp3) is 0.250. The summed E-state index contributed by atoms with van der Waals surface area (Å²) in [6.07, 6.45) is 2.25. The van der Waals surface area contributed by atoms with Crippen LogP contribution in [-0.2, 0) is 16.2 Å². The molecule has 1 aliphatic rings. The topological polar surface area (TPSA) is 65.8 Å². The summed E-state index contributed by atoms with van der Waals surface area (Å²) >= 11 is 0. The molecule has 1 saturated heterocycles. The Morgan fingerprint density at radius 1 is 0.944 bits per heavy atom. The number of halogens is 3. The van der Waals surface area contributed by atoms with Crippen LogP contribution in [0.3, 0.4) is 0 Å². The standard InChI is InChI=1S/C28H26F3N3O2/c29-23-7-3-20(4-8-23)26(21-5-9-24(30)10-6-21)16-28(35)34-13-11-25(12-14-34)33-36-18-19-1-2-22(17-32)27(31)15-19/h1-10,15,17,26,32H,11-14,16,18H2. The molecule has 1 fully saturated rings. The van der Waals surface area contributed by atoms with E-state index in [9.17, 15) is 18.0 Å². The Bertz CT molecular complexity index is 1190. The minimum atomic E-state index is -0.481. The van der Waals surface area contributed by atoms with Crippen LogP contribution in [-0.4, -0.2) is 35.8 Å². The lowest BCUT2D eigenvalue weighted by Gasteiger charge is -2.29. The highest BCUT2D eigenvalue weighted by Crippen LogP contribution is 2.29. The first-order valence-electron chi connectivity index (χ1n) is 11.7. The molecular weight excluding hydrogens is 467 g/mol. The van der Waals surface area contributed by atoms with Crippen molar-refractivity contribution in [1.29, 1.82) is 5.41 Å². The van der Waals surface area contributed by atoms with Gasteiger partial charge in [0.2, 0.25) is 5.91 Å². The molecule has 0 spiro atoms. The molecule has 36 heavy (non-hydrogen) atoms. The van der Waals surface area contributed by atoms with E-state index in [-0.39, 0.29) is 42.1 Å². The van der Waals surface area contributed by atoms with Crippen LogP contribution in [0.15, 0.2) is 71.9 Å². The van der Waals surface area contributed by atoms with E-state index in [1.165, 1.54) is 36.4 Å². The van der Waals surface area contributed by atoms with Gasteiger partial charge >= 0.3 is 0 Å². The van der Waals surface area contributed by atoms with Gasteiger partial charge in [-0.15, -0.1) is 0 Å². The molecule has 3 aromatic carbocycles. The van der Waals surface area contributed by atoms with Gasteiger partial charge in [0.25, 0.3) is 0 Å². The second kappa shape index (κ2) is 11.7. The first-order chi connectivity index (χ1) is 17.4. The SMILES string of the molecule is N=Cc1ccc(CON=C2CCN(C(=O)CC(c3ccc(F)cc3)c3ccc(F)cc3)CC2)cc1F. The van der Waals surface area contributed by atoms with E-state index in [4.69, 9.17) is 10.2 Å². The summed E-state index contributed by atoms with van der Waals surface area (Å²) < 4.78 is 40.7. The van der Waals surface area contributed by atoms with E-state index < -0.39 is 5.82 Å². The highest BCUT2D eigenvalue weighted by atomic mass is 19.1. The lowest BCUT2D eigenvalue weighted by Crippen LogP contribution is -2.39. The van der Waals surface area contributed by atoms with E-state index in [1.54, 1.807) is 35.2 Å². The quantitative estimate of drug-likeness (QED) is 0.318. The number of rotatable bonds is 8. The van der Waals surface area contributed by atoms with Crippen LogP contribution in [0.5, 0.6) is 0 Å². The number of oxime groups is 1. The van der Waals surface area contributed by atoms with Crippen LogP contribution in [0.25, 0.3) is 0 Å². The average Bonchev–Trinajstić information content (AvgIpc) is 2.89. The highest BCUT2D eigenvalue weighted by molar-refractivity contribution is 5.87. The van der Waals surface area contributed by atoms with Gasteiger partial charge < -0.3 is 15.1 Å². The van der Waals surface area contributed by atoms with E-state index in [0.29, 0.717) is 31.5 Å². The molecule has 0 aromatic heterocycles. The average molecular weight is 494 g/mol. The zero-order chi connectivity index (χ0) is 25.5. The Balaban J connectivity index is 1.34. The molecule has 1 aliphatic heterocycles. The van der Waals surface area contributed by atoms with E-state index in [0.717, 1.165) is 23.1 Å². The molecule has 0 radical (unpaired) electrons. The minimum Gasteiger partial charge on any atom is -0.391 e. The first kappa shape index (κ1) is 25.2. The van der Waals surface area contributed by atoms with Crippen molar-refractivity contribution in [1.82, 2.24) is 4.90 Å². The van der Waals surface area contributed by atoms with E-state index in [1.807, 2.05) is 0 Å². The van der Waals surface area contributed by atoms with Crippen molar-refractivity contribution >= 4 is 17.8 Å². The molecule has 0 aliphatic carbocycles. The van der Waals surface area contributed by atoms with Crippen molar-refractivity contribution in [3.05, 3.63) is 106 Å². The number of amides is 1. The number of carbonyl (C=O) groups is 1. The van der Waals surface area contributed by atoms with Crippen molar-refractivity contribution in [2.75, 3.05) is 13.1 Å². The first-order valence-corrected chi connectivity index (χ1v) is 11.7. The van der Waals surface area contributed by atoms with Gasteiger partial charge in [0.1, 0.15) is 24.1 Å². The van der Waals surface area contributed by atoms with Gasteiger partial charge in [0.15, 0.2) is 0 Å². The molecule has 5 nitrogen and oxygen atoms in total. The van der Waals surface area contributed by atoms with Gasteiger partial charge in [0, 0.05) is 50.0 Å². The molecule has 0 bridgehead atoms. The number of piperidine rings is 1. The molecule has 3 aromatic rings. The summed E-state index contributed by atoms with van der Waals surface area (Å²) in [5.41, 5.74) is 3.22. The van der Waals surface area contributed by atoms with E-state index in [2.05, 4.69) is 5.16 Å². The molecular formula is C28H26F3N3O2. The van der Waals surface area contributed by atoms with Crippen molar-refractivity contribution in [3.8, 4) is 0 Å². The monoisotopic (exact) mass is 493 g/mol. The Labute approximate surface area is 207 Å². The summed E-state index contributed by atoms with van der Waals surface area (Å²) in [5.74, 6) is -1.57. The molecule has 1 heterocycles. The van der Waals surface area contributed by atoms with Gasteiger partial charge in [-0.05, 0) is 47.0 Å². The summed E-state index contributed by atoms with van der Waals surface area (Å²) in [6, 6.07) is 16.6. The molecule has 8 heteroatoms. The fourth-order valence-corrected chi connectivity index (χ4v) is 4.20. The van der Waals surface area contributed by atoms with Crippen molar-refractivity contribution < 1.29 is 22.8 Å². The van der Waals surface area contributed by atoms with Gasteiger partial charge in [0.05, 0.1) is 5.71 Å². The number of likely N-dealkylation sites (tertiary alicyclic amines) is 1. The Morgan fingerprint density at radius 3 is 2.06 bits per heavy atom. The smallest absolute Gasteiger partial charge is 0.223 e. The Morgan fingerprint density at radius 2 is 1.53 bits per heavy atom. The van der Waals surface area contributed by atoms with Crippen molar-refractivity contribution in [3.63, 3.8) is 0 Å². The number of hydrogen-bond acceptors (Lipinski definition) is 4. The molecule has 0 unspecified atom stereocenters. The van der Waals surface area contributed by atoms with Crippen LogP contribution in [0, 0.1) is 22.9 Å². The third kappa shape index (κ3) is 6.38. The summed E-state index contributed by atoms with van der Waals surface area (Å²) in [5, 5.41) is 11.3. The van der Waals surface area contributed by atoms with Crippen LogP contribution < -0.4 is 0 Å². The predicted molar refractivity (Wildman–Crippen MR) is 132 cm³/mol. The van der Waals surface area contributed by atoms with Crippen molar-refractivity contribution in [2.45, 2.75) is 31.8 Å². The summed E-state index contributed by atoms with van der Waals surface area (Å²) in [4.78, 5) is 20.3. The minimum absolute atomic E-state index is 0.0459. The highest BCUT2D eigenvalue weighted by Gasteiger charge is 2.25. The lowest BCUT2D eigenvalue weighted by molar-refractivity contribution is -0.131. The largest absolute Gasteiger partial charge is 0.391 e.